The number of aliphatic imine (C=N–C) groups is 1. The van der Waals surface area contributed by atoms with Gasteiger partial charge in [-0.1, -0.05) is 122 Å². The zero-order valence-corrected chi connectivity index (χ0v) is 33.1. The molecule has 11 unspecified atom stereocenters. The standard InChI is InChI=1S/C53H62N2/c1-3-15-33(16-4-1)50-32-51(55-52(54-50)34-17-5-2-6-18-34)35-27-28-48-44(29-35)40-23-11-13-25-46(40)53(48)47-26-14-12-24-41(47)45-30-42-38-21-9-7-19-36(38)37-20-8-10-22-39(37)43(42)31-49(45)53/h5,7,9,12-13,17,19,21,24-25,27-28,30,32-39,41,47,49,52,54H,1-4,6,8,10-11,14-16,18,20,22-23,26,29,31H2. The van der Waals surface area contributed by atoms with Crippen LogP contribution in [0.25, 0.3) is 0 Å². The lowest BCUT2D eigenvalue weighted by Gasteiger charge is -2.50. The normalized spacial score (nSPS) is 42.5. The highest BCUT2D eigenvalue weighted by atomic mass is 15.1. The number of allylic oxidation sites excluding steroid dienone is 21. The molecule has 12 aliphatic rings. The van der Waals surface area contributed by atoms with E-state index in [0.29, 0.717) is 47.3 Å². The summed E-state index contributed by atoms with van der Waals surface area (Å²) < 4.78 is 0. The van der Waals surface area contributed by atoms with Gasteiger partial charge in [0.1, 0.15) is 6.17 Å². The number of nitrogens with zero attached hydrogens (tertiary/aromatic N) is 1. The summed E-state index contributed by atoms with van der Waals surface area (Å²) >= 11 is 0. The number of fused-ring (bicyclic) bond motifs is 13. The Kier molecular flexibility index (Phi) is 8.18. The summed E-state index contributed by atoms with van der Waals surface area (Å²) in [4.78, 5) is 5.67. The minimum Gasteiger partial charge on any atom is -0.366 e. The quantitative estimate of drug-likeness (QED) is 0.288. The molecule has 11 atom stereocenters. The molecule has 2 heteroatoms. The molecule has 0 saturated heterocycles. The van der Waals surface area contributed by atoms with Crippen molar-refractivity contribution in [3.05, 3.63) is 130 Å². The topological polar surface area (TPSA) is 24.4 Å². The smallest absolute Gasteiger partial charge is 0.125 e. The molecule has 0 aromatic heterocycles. The van der Waals surface area contributed by atoms with Gasteiger partial charge in [-0.2, -0.15) is 0 Å². The molecule has 55 heavy (non-hydrogen) atoms. The largest absolute Gasteiger partial charge is 0.366 e. The van der Waals surface area contributed by atoms with Gasteiger partial charge in [-0.3, -0.25) is 4.99 Å². The summed E-state index contributed by atoms with van der Waals surface area (Å²) in [5, 5.41) is 4.06. The lowest BCUT2D eigenvalue weighted by molar-refractivity contribution is 0.158. The van der Waals surface area contributed by atoms with E-state index in [-0.39, 0.29) is 11.6 Å². The Morgan fingerprint density at radius 2 is 1.55 bits per heavy atom. The summed E-state index contributed by atoms with van der Waals surface area (Å²) in [5.41, 5.74) is 15.4. The maximum atomic E-state index is 5.67. The molecule has 0 radical (unpaired) electrons. The van der Waals surface area contributed by atoms with E-state index >= 15 is 0 Å². The second-order valence-electron chi connectivity index (χ2n) is 19.8. The van der Waals surface area contributed by atoms with Crippen LogP contribution >= 0.6 is 0 Å². The van der Waals surface area contributed by atoms with Crippen LogP contribution in [0.3, 0.4) is 0 Å². The van der Waals surface area contributed by atoms with Gasteiger partial charge in [0.15, 0.2) is 0 Å². The molecule has 1 spiro atoms. The Morgan fingerprint density at radius 1 is 0.673 bits per heavy atom. The van der Waals surface area contributed by atoms with Crippen LogP contribution in [0.2, 0.25) is 0 Å². The van der Waals surface area contributed by atoms with Crippen LogP contribution in [0.15, 0.2) is 135 Å². The first-order chi connectivity index (χ1) is 27.3. The van der Waals surface area contributed by atoms with Crippen molar-refractivity contribution in [2.75, 3.05) is 0 Å². The number of rotatable bonds is 3. The van der Waals surface area contributed by atoms with E-state index in [2.05, 4.69) is 90.4 Å². The van der Waals surface area contributed by atoms with E-state index < -0.39 is 0 Å². The molecule has 284 valence electrons. The zero-order valence-electron chi connectivity index (χ0n) is 33.1. The third-order valence-electron chi connectivity index (χ3n) is 17.5. The zero-order chi connectivity index (χ0) is 36.1. The third kappa shape index (κ3) is 5.07. The Morgan fingerprint density at radius 3 is 2.47 bits per heavy atom. The highest BCUT2D eigenvalue weighted by Crippen LogP contribution is 2.73. The summed E-state index contributed by atoms with van der Waals surface area (Å²) in [7, 11) is 0. The Bertz CT molecular complexity index is 2020. The van der Waals surface area contributed by atoms with Crippen LogP contribution in [0.1, 0.15) is 116 Å². The molecule has 3 fully saturated rings. The molecular formula is C53H62N2. The Balaban J connectivity index is 0.956. The number of nitrogens with one attached hydrogen (secondary N) is 1. The SMILES string of the molecule is C1=CC2C3=C(CC4C(=C3)C3C=CCCC3C43C4=C(CCC=C4)C4=C3C=CC(C3=NC(C5C=CCCC5)NC(C5CCCCC5)=C3)C4)C3CCCCC3C2C=C1. The fourth-order valence-corrected chi connectivity index (χ4v) is 15.2. The van der Waals surface area contributed by atoms with E-state index in [1.165, 1.54) is 121 Å². The maximum absolute atomic E-state index is 5.67. The molecule has 3 saturated carbocycles. The molecule has 11 aliphatic carbocycles. The Hall–Kier alpha value is -3.39. The van der Waals surface area contributed by atoms with Gasteiger partial charge >= 0.3 is 0 Å². The van der Waals surface area contributed by atoms with Crippen molar-refractivity contribution in [3.8, 4) is 0 Å². The predicted octanol–water partition coefficient (Wildman–Crippen LogP) is 12.7. The summed E-state index contributed by atoms with van der Waals surface area (Å²) in [6.07, 6.45) is 60.0. The van der Waals surface area contributed by atoms with E-state index in [0.717, 1.165) is 18.3 Å². The van der Waals surface area contributed by atoms with Crippen molar-refractivity contribution in [2.45, 2.75) is 122 Å². The number of hydrogen-bond donors (Lipinski definition) is 1. The third-order valence-corrected chi connectivity index (χ3v) is 17.5. The fourth-order valence-electron chi connectivity index (χ4n) is 15.2. The highest BCUT2D eigenvalue weighted by Gasteiger charge is 2.64. The van der Waals surface area contributed by atoms with E-state index in [9.17, 15) is 0 Å². The van der Waals surface area contributed by atoms with Crippen molar-refractivity contribution >= 4 is 5.71 Å². The monoisotopic (exact) mass is 726 g/mol. The van der Waals surface area contributed by atoms with Crippen molar-refractivity contribution in [2.24, 2.45) is 69.6 Å². The molecule has 0 bridgehead atoms. The van der Waals surface area contributed by atoms with Crippen LogP contribution in [0.5, 0.6) is 0 Å². The summed E-state index contributed by atoms with van der Waals surface area (Å²) in [6, 6.07) is 0. The van der Waals surface area contributed by atoms with Crippen LogP contribution in [0.4, 0.5) is 0 Å². The van der Waals surface area contributed by atoms with Gasteiger partial charge in [0.2, 0.25) is 0 Å². The van der Waals surface area contributed by atoms with E-state index in [1.807, 2.05) is 5.57 Å². The average Bonchev–Trinajstić information content (AvgIpc) is 3.73. The fraction of sp³-hybridized carbons (Fsp3) is 0.566. The molecule has 2 nitrogen and oxygen atoms in total. The van der Waals surface area contributed by atoms with Crippen LogP contribution < -0.4 is 5.32 Å². The van der Waals surface area contributed by atoms with Gasteiger partial charge in [0.05, 0.1) is 0 Å². The van der Waals surface area contributed by atoms with Gasteiger partial charge in [-0.15, -0.1) is 0 Å². The molecule has 0 aromatic carbocycles. The van der Waals surface area contributed by atoms with Gasteiger partial charge in [0, 0.05) is 40.5 Å². The van der Waals surface area contributed by atoms with Gasteiger partial charge < -0.3 is 5.32 Å². The lowest BCUT2D eigenvalue weighted by atomic mass is 9.53. The van der Waals surface area contributed by atoms with Crippen molar-refractivity contribution in [1.82, 2.24) is 5.32 Å². The van der Waals surface area contributed by atoms with Gasteiger partial charge in [0.25, 0.3) is 0 Å². The van der Waals surface area contributed by atoms with Gasteiger partial charge in [-0.05, 0) is 153 Å². The molecule has 0 aromatic rings. The first-order valence-electron chi connectivity index (χ1n) is 23.3. The second kappa shape index (κ2) is 13.3. The van der Waals surface area contributed by atoms with Crippen molar-refractivity contribution < 1.29 is 0 Å². The minimum absolute atomic E-state index is 0.112. The molecule has 12 rings (SSSR count). The maximum Gasteiger partial charge on any atom is 0.125 e. The minimum atomic E-state index is 0.112. The second-order valence-corrected chi connectivity index (χ2v) is 19.8. The molecular weight excluding hydrogens is 665 g/mol. The molecule has 0 amide bonds. The van der Waals surface area contributed by atoms with Gasteiger partial charge in [-0.25, -0.2) is 0 Å². The molecule has 1 aliphatic heterocycles. The first kappa shape index (κ1) is 33.7. The summed E-state index contributed by atoms with van der Waals surface area (Å²) in [6.45, 7) is 0. The van der Waals surface area contributed by atoms with Crippen molar-refractivity contribution in [3.63, 3.8) is 0 Å². The van der Waals surface area contributed by atoms with E-state index in [1.54, 1.807) is 33.4 Å². The lowest BCUT2D eigenvalue weighted by Crippen LogP contribution is -2.42. The van der Waals surface area contributed by atoms with E-state index in [4.69, 9.17) is 4.99 Å². The predicted molar refractivity (Wildman–Crippen MR) is 227 cm³/mol. The Labute approximate surface area is 331 Å². The van der Waals surface area contributed by atoms with Crippen LogP contribution in [0, 0.1) is 64.6 Å². The first-order valence-corrected chi connectivity index (χ1v) is 23.3. The highest BCUT2D eigenvalue weighted by molar-refractivity contribution is 6.00. The number of hydrogen-bond acceptors (Lipinski definition) is 2. The average molecular weight is 727 g/mol. The van der Waals surface area contributed by atoms with Crippen LogP contribution in [-0.2, 0) is 0 Å². The van der Waals surface area contributed by atoms with Crippen LogP contribution in [-0.4, -0.2) is 11.9 Å². The molecule has 1 heterocycles. The van der Waals surface area contributed by atoms with Crippen molar-refractivity contribution in [1.29, 1.82) is 0 Å². The summed E-state index contributed by atoms with van der Waals surface area (Å²) in [5.74, 6) is 6.26. The molecule has 1 N–H and O–H groups in total.